The standard InChI is InChI=1S/C14H20N4O3.ClH/c1-9(15)10-5-7-17(8-6-10)14(19)11-3-2-4-12(13(11)16)18(20)21;/h2-4,9-10H,5-8,15-16H2,1H3;1H. The van der Waals surface area contributed by atoms with Crippen molar-refractivity contribution in [3.63, 3.8) is 0 Å². The lowest BCUT2D eigenvalue weighted by molar-refractivity contribution is -0.383. The van der Waals surface area contributed by atoms with Crippen LogP contribution in [0.3, 0.4) is 0 Å². The number of nitrogen functional groups attached to an aromatic ring is 1. The van der Waals surface area contributed by atoms with E-state index < -0.39 is 4.92 Å². The Labute approximate surface area is 135 Å². The number of anilines is 1. The van der Waals surface area contributed by atoms with Gasteiger partial charge < -0.3 is 16.4 Å². The van der Waals surface area contributed by atoms with Gasteiger partial charge in [-0.2, -0.15) is 0 Å². The topological polar surface area (TPSA) is 115 Å². The highest BCUT2D eigenvalue weighted by molar-refractivity contribution is 6.01. The highest BCUT2D eigenvalue weighted by Crippen LogP contribution is 2.27. The van der Waals surface area contributed by atoms with E-state index in [1.54, 1.807) is 4.90 Å². The number of nitrogens with zero attached hydrogens (tertiary/aromatic N) is 2. The fraction of sp³-hybridized carbons (Fsp3) is 0.500. The van der Waals surface area contributed by atoms with Gasteiger partial charge in [-0.05, 0) is 31.7 Å². The summed E-state index contributed by atoms with van der Waals surface area (Å²) in [6.45, 7) is 3.18. The van der Waals surface area contributed by atoms with Crippen LogP contribution in [0.4, 0.5) is 11.4 Å². The van der Waals surface area contributed by atoms with E-state index in [1.165, 1.54) is 18.2 Å². The molecule has 1 aliphatic rings. The minimum absolute atomic E-state index is 0. The Hall–Kier alpha value is -1.86. The van der Waals surface area contributed by atoms with E-state index in [4.69, 9.17) is 11.5 Å². The van der Waals surface area contributed by atoms with Gasteiger partial charge in [0.2, 0.25) is 0 Å². The van der Waals surface area contributed by atoms with Crippen LogP contribution in [0.25, 0.3) is 0 Å². The normalized spacial score (nSPS) is 16.7. The number of benzene rings is 1. The number of hydrogen-bond acceptors (Lipinski definition) is 5. The van der Waals surface area contributed by atoms with Crippen LogP contribution >= 0.6 is 12.4 Å². The number of nitro groups is 1. The summed E-state index contributed by atoms with van der Waals surface area (Å²) in [6.07, 6.45) is 1.69. The van der Waals surface area contributed by atoms with E-state index in [9.17, 15) is 14.9 Å². The summed E-state index contributed by atoms with van der Waals surface area (Å²) in [5.41, 5.74) is 11.5. The maximum Gasteiger partial charge on any atom is 0.292 e. The predicted octanol–water partition coefficient (Wildman–Crippen LogP) is 1.80. The van der Waals surface area contributed by atoms with E-state index in [0.29, 0.717) is 19.0 Å². The van der Waals surface area contributed by atoms with E-state index in [1.807, 2.05) is 6.92 Å². The molecule has 0 bridgehead atoms. The Bertz CT molecular complexity index is 557. The molecule has 1 aromatic rings. The number of hydrogen-bond donors (Lipinski definition) is 2. The summed E-state index contributed by atoms with van der Waals surface area (Å²) in [6, 6.07) is 4.43. The van der Waals surface area contributed by atoms with Crippen LogP contribution in [0.5, 0.6) is 0 Å². The molecule has 4 N–H and O–H groups in total. The summed E-state index contributed by atoms with van der Waals surface area (Å²) in [7, 11) is 0. The highest BCUT2D eigenvalue weighted by Gasteiger charge is 2.28. The van der Waals surface area contributed by atoms with Crippen LogP contribution in [0.15, 0.2) is 18.2 Å². The fourth-order valence-electron chi connectivity index (χ4n) is 2.70. The lowest BCUT2D eigenvalue weighted by Crippen LogP contribution is -2.42. The first-order valence-corrected chi connectivity index (χ1v) is 6.99. The van der Waals surface area contributed by atoms with Crippen molar-refractivity contribution in [2.45, 2.75) is 25.8 Å². The molecular weight excluding hydrogens is 308 g/mol. The molecule has 0 spiro atoms. The summed E-state index contributed by atoms with van der Waals surface area (Å²) in [5, 5.41) is 10.9. The van der Waals surface area contributed by atoms with E-state index in [0.717, 1.165) is 12.8 Å². The number of nitrogens with two attached hydrogens (primary N) is 2. The average molecular weight is 329 g/mol. The minimum Gasteiger partial charge on any atom is -0.393 e. The van der Waals surface area contributed by atoms with Gasteiger partial charge >= 0.3 is 0 Å². The molecule has 7 nitrogen and oxygen atoms in total. The first-order chi connectivity index (χ1) is 9.91. The van der Waals surface area contributed by atoms with Gasteiger partial charge in [0.25, 0.3) is 11.6 Å². The van der Waals surface area contributed by atoms with Crippen molar-refractivity contribution < 1.29 is 9.72 Å². The second kappa shape index (κ2) is 7.42. The third-order valence-corrected chi connectivity index (χ3v) is 4.08. The second-order valence-corrected chi connectivity index (χ2v) is 5.48. The number of carbonyl (C=O) groups is 1. The zero-order valence-corrected chi connectivity index (χ0v) is 13.2. The first-order valence-electron chi connectivity index (χ1n) is 6.99. The maximum atomic E-state index is 12.5. The molecule has 1 atom stereocenters. The van der Waals surface area contributed by atoms with Gasteiger partial charge in [-0.15, -0.1) is 12.4 Å². The van der Waals surface area contributed by atoms with E-state index >= 15 is 0 Å². The van der Waals surface area contributed by atoms with Crippen molar-refractivity contribution in [1.29, 1.82) is 0 Å². The largest absolute Gasteiger partial charge is 0.393 e. The van der Waals surface area contributed by atoms with Crippen LogP contribution in [0.1, 0.15) is 30.1 Å². The van der Waals surface area contributed by atoms with Gasteiger partial charge in [0.05, 0.1) is 10.5 Å². The summed E-state index contributed by atoms with van der Waals surface area (Å²) >= 11 is 0. The molecule has 2 rings (SSSR count). The van der Waals surface area contributed by atoms with Gasteiger partial charge in [-0.3, -0.25) is 14.9 Å². The average Bonchev–Trinajstić information content (AvgIpc) is 2.46. The third-order valence-electron chi connectivity index (χ3n) is 4.08. The molecule has 1 amide bonds. The van der Waals surface area contributed by atoms with Gasteiger partial charge in [0, 0.05) is 25.2 Å². The number of likely N-dealkylation sites (tertiary alicyclic amines) is 1. The Morgan fingerprint density at radius 3 is 2.50 bits per heavy atom. The lowest BCUT2D eigenvalue weighted by atomic mass is 9.90. The van der Waals surface area contributed by atoms with Crippen LogP contribution in [-0.4, -0.2) is 34.9 Å². The maximum absolute atomic E-state index is 12.5. The number of halogens is 1. The van der Waals surface area contributed by atoms with E-state index in [2.05, 4.69) is 0 Å². The molecule has 0 radical (unpaired) electrons. The Balaban J connectivity index is 0.00000242. The first kappa shape index (κ1) is 18.2. The predicted molar refractivity (Wildman–Crippen MR) is 87.0 cm³/mol. The van der Waals surface area contributed by atoms with Crippen molar-refractivity contribution in [1.82, 2.24) is 4.90 Å². The molecular formula is C14H21ClN4O3. The fourth-order valence-corrected chi connectivity index (χ4v) is 2.70. The summed E-state index contributed by atoms with van der Waals surface area (Å²) < 4.78 is 0. The molecule has 1 saturated heterocycles. The molecule has 122 valence electrons. The number of nitro benzene ring substituents is 1. The minimum atomic E-state index is -0.575. The Kier molecular flexibility index (Phi) is 6.13. The molecule has 0 saturated carbocycles. The van der Waals surface area contributed by atoms with Crippen LogP contribution in [-0.2, 0) is 0 Å². The molecule has 0 aliphatic carbocycles. The summed E-state index contributed by atoms with van der Waals surface area (Å²) in [5.74, 6) is 0.163. The van der Waals surface area contributed by atoms with Crippen LogP contribution in [0.2, 0.25) is 0 Å². The zero-order valence-electron chi connectivity index (χ0n) is 12.4. The molecule has 22 heavy (non-hydrogen) atoms. The molecule has 0 aromatic heterocycles. The molecule has 1 aromatic carbocycles. The van der Waals surface area contributed by atoms with E-state index in [-0.39, 0.29) is 41.3 Å². The zero-order chi connectivity index (χ0) is 15.6. The van der Waals surface area contributed by atoms with Crippen LogP contribution < -0.4 is 11.5 Å². The quantitative estimate of drug-likeness (QED) is 0.498. The molecule has 8 heteroatoms. The molecule has 1 unspecified atom stereocenters. The van der Waals surface area contributed by atoms with Crippen molar-refractivity contribution in [3.05, 3.63) is 33.9 Å². The Morgan fingerprint density at radius 1 is 1.41 bits per heavy atom. The van der Waals surface area contributed by atoms with Crippen LogP contribution in [0, 0.1) is 16.0 Å². The molecule has 1 heterocycles. The van der Waals surface area contributed by atoms with Crippen molar-refractivity contribution in [2.75, 3.05) is 18.8 Å². The highest BCUT2D eigenvalue weighted by atomic mass is 35.5. The van der Waals surface area contributed by atoms with Gasteiger partial charge in [0.15, 0.2) is 0 Å². The van der Waals surface area contributed by atoms with Crippen molar-refractivity contribution in [2.24, 2.45) is 11.7 Å². The number of amides is 1. The number of rotatable bonds is 3. The number of para-hydroxylation sites is 1. The van der Waals surface area contributed by atoms with Gasteiger partial charge in [-0.25, -0.2) is 0 Å². The second-order valence-electron chi connectivity index (χ2n) is 5.48. The van der Waals surface area contributed by atoms with Gasteiger partial charge in [0.1, 0.15) is 5.69 Å². The molecule has 1 aliphatic heterocycles. The van der Waals surface area contributed by atoms with Crippen molar-refractivity contribution >= 4 is 29.7 Å². The molecule has 1 fully saturated rings. The summed E-state index contributed by atoms with van der Waals surface area (Å²) in [4.78, 5) is 24.5. The number of piperidine rings is 1. The monoisotopic (exact) mass is 328 g/mol. The number of carbonyl (C=O) groups excluding carboxylic acids is 1. The Morgan fingerprint density at radius 2 is 2.00 bits per heavy atom. The van der Waals surface area contributed by atoms with Gasteiger partial charge in [-0.1, -0.05) is 6.07 Å². The third kappa shape index (κ3) is 3.66. The van der Waals surface area contributed by atoms with Crippen molar-refractivity contribution in [3.8, 4) is 0 Å². The lowest BCUT2D eigenvalue weighted by Gasteiger charge is -2.33. The smallest absolute Gasteiger partial charge is 0.292 e. The SMILES string of the molecule is CC(N)C1CCN(C(=O)c2cccc([N+](=O)[O-])c2N)CC1.Cl.